The molecule has 0 bridgehead atoms. The third kappa shape index (κ3) is 1.95. The minimum Gasteiger partial charge on any atom is -0.497 e. The molecule has 5 nitrogen and oxygen atoms in total. The Morgan fingerprint density at radius 3 is 2.50 bits per heavy atom. The van der Waals surface area contributed by atoms with Crippen molar-refractivity contribution in [1.29, 1.82) is 0 Å². The van der Waals surface area contributed by atoms with Gasteiger partial charge in [-0.2, -0.15) is 0 Å². The number of carboxylic acid groups (broad SMARTS) is 1. The normalized spacial score (nSPS) is 22.7. The lowest BCUT2D eigenvalue weighted by Crippen LogP contribution is -2.18. The Labute approximate surface area is 104 Å². The molecule has 5 heteroatoms. The molecule has 1 aromatic carbocycles. The zero-order valence-corrected chi connectivity index (χ0v) is 9.75. The molecule has 1 aromatic rings. The van der Waals surface area contributed by atoms with Crippen LogP contribution in [0.3, 0.4) is 0 Å². The zero-order valence-electron chi connectivity index (χ0n) is 9.75. The lowest BCUT2D eigenvalue weighted by atomic mass is 9.92. The van der Waals surface area contributed by atoms with Crippen molar-refractivity contribution >= 4 is 11.9 Å². The maximum absolute atomic E-state index is 11.4. The Morgan fingerprint density at radius 2 is 2.00 bits per heavy atom. The third-order valence-electron chi connectivity index (χ3n) is 2.88. The van der Waals surface area contributed by atoms with Gasteiger partial charge in [0, 0.05) is 5.57 Å². The van der Waals surface area contributed by atoms with Crippen LogP contribution in [0, 0.1) is 5.92 Å². The first-order valence-electron chi connectivity index (χ1n) is 5.31. The molecule has 1 aliphatic heterocycles. The van der Waals surface area contributed by atoms with Gasteiger partial charge in [-0.15, -0.1) is 0 Å². The molecule has 0 aromatic heterocycles. The van der Waals surface area contributed by atoms with E-state index in [0.29, 0.717) is 11.3 Å². The number of ether oxygens (including phenoxy) is 2. The van der Waals surface area contributed by atoms with Gasteiger partial charge < -0.3 is 14.6 Å². The van der Waals surface area contributed by atoms with Gasteiger partial charge in [-0.05, 0) is 17.7 Å². The maximum atomic E-state index is 11.4. The van der Waals surface area contributed by atoms with Gasteiger partial charge >= 0.3 is 11.9 Å². The van der Waals surface area contributed by atoms with Crippen molar-refractivity contribution in [2.75, 3.05) is 7.11 Å². The first kappa shape index (κ1) is 12.2. The molecule has 1 fully saturated rings. The molecule has 94 valence electrons. The molecule has 0 saturated carbocycles. The molecule has 1 saturated heterocycles. The fraction of sp³-hybridized carbons (Fsp3) is 0.231. The molecule has 2 atom stereocenters. The quantitative estimate of drug-likeness (QED) is 0.649. The standard InChI is InChI=1S/C13H12O5/c1-7-10(12(14)15)11(18-13(7)16)8-3-5-9(17-2)6-4-8/h3-6,10-11H,1H2,2H3,(H,14,15)/t10-,11+/m1/s1. The summed E-state index contributed by atoms with van der Waals surface area (Å²) in [7, 11) is 1.53. The Kier molecular flexibility index (Phi) is 3.06. The molecule has 0 spiro atoms. The predicted octanol–water partition coefficient (Wildman–Crippen LogP) is 1.55. The fourth-order valence-corrected chi connectivity index (χ4v) is 1.90. The molecule has 0 radical (unpaired) electrons. The highest BCUT2D eigenvalue weighted by Crippen LogP contribution is 2.38. The van der Waals surface area contributed by atoms with Crippen LogP contribution in [-0.2, 0) is 14.3 Å². The van der Waals surface area contributed by atoms with Crippen LogP contribution in [-0.4, -0.2) is 24.2 Å². The van der Waals surface area contributed by atoms with Crippen LogP contribution in [0.15, 0.2) is 36.4 Å². The van der Waals surface area contributed by atoms with E-state index in [4.69, 9.17) is 14.6 Å². The number of hydrogen-bond donors (Lipinski definition) is 1. The highest BCUT2D eigenvalue weighted by atomic mass is 16.6. The van der Waals surface area contributed by atoms with Crippen LogP contribution in [0.1, 0.15) is 11.7 Å². The molecule has 1 heterocycles. The summed E-state index contributed by atoms with van der Waals surface area (Å²) < 4.78 is 10.1. The first-order valence-corrected chi connectivity index (χ1v) is 5.31. The summed E-state index contributed by atoms with van der Waals surface area (Å²) in [5.41, 5.74) is 0.582. The summed E-state index contributed by atoms with van der Waals surface area (Å²) in [5, 5.41) is 9.12. The minimum atomic E-state index is -1.12. The number of carbonyl (C=O) groups excluding carboxylic acids is 1. The van der Waals surface area contributed by atoms with E-state index in [9.17, 15) is 9.59 Å². The molecule has 0 unspecified atom stereocenters. The van der Waals surface area contributed by atoms with E-state index < -0.39 is 24.0 Å². The van der Waals surface area contributed by atoms with Gasteiger partial charge in [0.2, 0.25) is 0 Å². The largest absolute Gasteiger partial charge is 0.497 e. The van der Waals surface area contributed by atoms with Crippen LogP contribution in [0.2, 0.25) is 0 Å². The van der Waals surface area contributed by atoms with Crippen LogP contribution in [0.25, 0.3) is 0 Å². The Bertz CT molecular complexity index is 503. The lowest BCUT2D eigenvalue weighted by molar-refractivity contribution is -0.144. The van der Waals surface area contributed by atoms with Crippen LogP contribution >= 0.6 is 0 Å². The van der Waals surface area contributed by atoms with Gasteiger partial charge in [0.1, 0.15) is 17.8 Å². The molecular weight excluding hydrogens is 236 g/mol. The molecular formula is C13H12O5. The topological polar surface area (TPSA) is 72.8 Å². The summed E-state index contributed by atoms with van der Waals surface area (Å²) >= 11 is 0. The van der Waals surface area contributed by atoms with Crippen LogP contribution < -0.4 is 4.74 Å². The number of rotatable bonds is 3. The summed E-state index contributed by atoms with van der Waals surface area (Å²) in [4.78, 5) is 22.5. The van der Waals surface area contributed by atoms with Crippen molar-refractivity contribution in [3.05, 3.63) is 42.0 Å². The number of methoxy groups -OCH3 is 1. The van der Waals surface area contributed by atoms with Crippen LogP contribution in [0.5, 0.6) is 5.75 Å². The van der Waals surface area contributed by atoms with Crippen molar-refractivity contribution in [2.24, 2.45) is 5.92 Å². The maximum Gasteiger partial charge on any atom is 0.335 e. The van der Waals surface area contributed by atoms with Gasteiger partial charge in [0.15, 0.2) is 0 Å². The second kappa shape index (κ2) is 4.52. The molecule has 18 heavy (non-hydrogen) atoms. The summed E-state index contributed by atoms with van der Waals surface area (Å²) in [6.07, 6.45) is -0.826. The molecule has 0 aliphatic carbocycles. The minimum absolute atomic E-state index is 0.0247. The van der Waals surface area contributed by atoms with Crippen LogP contribution in [0.4, 0.5) is 0 Å². The summed E-state index contributed by atoms with van der Waals surface area (Å²) in [6, 6.07) is 6.71. The van der Waals surface area contributed by atoms with E-state index in [1.807, 2.05) is 0 Å². The Morgan fingerprint density at radius 1 is 1.39 bits per heavy atom. The van der Waals surface area contributed by atoms with Gasteiger partial charge in [-0.1, -0.05) is 18.7 Å². The average Bonchev–Trinajstić information content (AvgIpc) is 2.66. The second-order valence-electron chi connectivity index (χ2n) is 3.94. The van der Waals surface area contributed by atoms with Crippen molar-refractivity contribution in [3.63, 3.8) is 0 Å². The van der Waals surface area contributed by atoms with Gasteiger partial charge in [-0.25, -0.2) is 4.79 Å². The molecule has 1 aliphatic rings. The van der Waals surface area contributed by atoms with Crippen molar-refractivity contribution in [2.45, 2.75) is 6.10 Å². The van der Waals surface area contributed by atoms with Gasteiger partial charge in [-0.3, -0.25) is 4.79 Å². The van der Waals surface area contributed by atoms with E-state index in [2.05, 4.69) is 6.58 Å². The van der Waals surface area contributed by atoms with Crippen molar-refractivity contribution < 1.29 is 24.2 Å². The van der Waals surface area contributed by atoms with Gasteiger partial charge in [0.05, 0.1) is 7.11 Å². The highest BCUT2D eigenvalue weighted by Gasteiger charge is 2.44. The number of esters is 1. The predicted molar refractivity (Wildman–Crippen MR) is 62.1 cm³/mol. The van der Waals surface area contributed by atoms with E-state index in [1.165, 1.54) is 7.11 Å². The average molecular weight is 248 g/mol. The number of aliphatic carboxylic acids is 1. The molecule has 2 rings (SSSR count). The third-order valence-corrected chi connectivity index (χ3v) is 2.88. The first-order chi connectivity index (χ1) is 8.54. The number of carboxylic acids is 1. The summed E-state index contributed by atoms with van der Waals surface area (Å²) in [6.45, 7) is 3.47. The SMILES string of the molecule is C=C1C(=O)O[C@@H](c2ccc(OC)cc2)[C@@H]1C(=O)O. The fourth-order valence-electron chi connectivity index (χ4n) is 1.90. The van der Waals surface area contributed by atoms with Crippen molar-refractivity contribution in [3.8, 4) is 5.75 Å². The zero-order chi connectivity index (χ0) is 13.3. The van der Waals surface area contributed by atoms with E-state index in [0.717, 1.165) is 0 Å². The number of carbonyl (C=O) groups is 2. The number of hydrogen-bond acceptors (Lipinski definition) is 4. The van der Waals surface area contributed by atoms with Crippen molar-refractivity contribution in [1.82, 2.24) is 0 Å². The number of cyclic esters (lactones) is 1. The number of benzene rings is 1. The second-order valence-corrected chi connectivity index (χ2v) is 3.94. The Hall–Kier alpha value is -2.30. The van der Waals surface area contributed by atoms with Gasteiger partial charge in [0.25, 0.3) is 0 Å². The highest BCUT2D eigenvalue weighted by molar-refractivity contribution is 5.97. The van der Waals surface area contributed by atoms with E-state index >= 15 is 0 Å². The lowest BCUT2D eigenvalue weighted by Gasteiger charge is -2.14. The summed E-state index contributed by atoms with van der Waals surface area (Å²) in [5.74, 6) is -2.17. The van der Waals surface area contributed by atoms with E-state index in [-0.39, 0.29) is 5.57 Å². The Balaban J connectivity index is 2.33. The smallest absolute Gasteiger partial charge is 0.335 e. The monoisotopic (exact) mass is 248 g/mol. The molecule has 1 N–H and O–H groups in total. The molecule has 0 amide bonds. The van der Waals surface area contributed by atoms with E-state index in [1.54, 1.807) is 24.3 Å².